The van der Waals surface area contributed by atoms with Gasteiger partial charge in [-0.05, 0) is 88.7 Å². The molecule has 10 heteroatoms. The number of benzene rings is 2. The Hall–Kier alpha value is -2.40. The summed E-state index contributed by atoms with van der Waals surface area (Å²) in [5.41, 5.74) is 5.65. The van der Waals surface area contributed by atoms with E-state index in [-0.39, 0.29) is 22.5 Å². The molecule has 34 heavy (non-hydrogen) atoms. The van der Waals surface area contributed by atoms with E-state index >= 15 is 0 Å². The van der Waals surface area contributed by atoms with Gasteiger partial charge < -0.3 is 26.7 Å². The van der Waals surface area contributed by atoms with E-state index < -0.39 is 17.2 Å². The number of anilines is 1. The largest absolute Gasteiger partial charge is 0.383 e. The zero-order valence-electron chi connectivity index (χ0n) is 19.0. The molecule has 7 nitrogen and oxygen atoms in total. The van der Waals surface area contributed by atoms with Crippen LogP contribution in [0.2, 0.25) is 0 Å². The molecule has 0 atom stereocenters. The third-order valence-electron chi connectivity index (χ3n) is 5.34. The summed E-state index contributed by atoms with van der Waals surface area (Å²) >= 11 is 3.21. The van der Waals surface area contributed by atoms with Crippen LogP contribution in [0.4, 0.5) is 14.5 Å². The number of unbranched alkanes of at least 4 members (excludes halogenated alkanes) is 1. The Balaban J connectivity index is 1.52. The lowest BCUT2D eigenvalue weighted by Gasteiger charge is -2.10. The average Bonchev–Trinajstić information content (AvgIpc) is 2.80. The second kappa shape index (κ2) is 13.5. The highest BCUT2D eigenvalue weighted by Crippen LogP contribution is 2.25. The number of aromatic nitrogens is 2. The van der Waals surface area contributed by atoms with Crippen LogP contribution in [0, 0.1) is 11.6 Å². The summed E-state index contributed by atoms with van der Waals surface area (Å²) in [5, 5.41) is 9.92. The first-order valence-corrected chi connectivity index (χ1v) is 12.3. The maximum atomic E-state index is 14.5. The summed E-state index contributed by atoms with van der Waals surface area (Å²) in [6, 6.07) is 7.13. The van der Waals surface area contributed by atoms with E-state index in [0.717, 1.165) is 57.9 Å². The fourth-order valence-corrected chi connectivity index (χ4v) is 3.85. The quantitative estimate of drug-likeness (QED) is 0.201. The Bertz CT molecular complexity index is 1140. The van der Waals surface area contributed by atoms with Crippen molar-refractivity contribution in [1.82, 2.24) is 20.6 Å². The molecule has 0 aliphatic heterocycles. The van der Waals surface area contributed by atoms with Gasteiger partial charge in [0.25, 0.3) is 5.56 Å². The fraction of sp³-hybridized carbons (Fsp3) is 0.417. The summed E-state index contributed by atoms with van der Waals surface area (Å²) in [4.78, 5) is 19.4. The summed E-state index contributed by atoms with van der Waals surface area (Å²) in [6.07, 6.45) is 4.01. The number of nitrogens with two attached hydrogens (primary N) is 1. The summed E-state index contributed by atoms with van der Waals surface area (Å²) < 4.78 is 29.4. The minimum absolute atomic E-state index is 0.0961. The fourth-order valence-electron chi connectivity index (χ4n) is 3.52. The normalized spacial score (nSPS) is 11.3. The number of nitrogens with zero attached hydrogens (tertiary/aromatic N) is 1. The number of nitrogens with one attached hydrogen (secondary N) is 4. The van der Waals surface area contributed by atoms with Gasteiger partial charge in [-0.2, -0.15) is 0 Å². The molecule has 2 aromatic carbocycles. The SMILES string of the molecule is NCCCNCCCCNCCCNc1cc2nc(-c3ccc(Br)cc3F)[nH]c(=O)c2cc1F. The highest BCUT2D eigenvalue weighted by atomic mass is 79.9. The summed E-state index contributed by atoms with van der Waals surface area (Å²) in [7, 11) is 0. The van der Waals surface area contributed by atoms with Crippen LogP contribution in [-0.4, -0.2) is 49.2 Å². The number of rotatable bonds is 14. The smallest absolute Gasteiger partial charge is 0.259 e. The molecule has 0 aliphatic rings. The zero-order valence-corrected chi connectivity index (χ0v) is 20.6. The average molecular weight is 537 g/mol. The highest BCUT2D eigenvalue weighted by Gasteiger charge is 2.13. The molecule has 3 rings (SSSR count). The number of hydrogen-bond donors (Lipinski definition) is 5. The molecule has 3 aromatic rings. The summed E-state index contributed by atoms with van der Waals surface area (Å²) in [5.74, 6) is -0.955. The monoisotopic (exact) mass is 536 g/mol. The van der Waals surface area contributed by atoms with Crippen LogP contribution >= 0.6 is 15.9 Å². The molecule has 0 amide bonds. The Morgan fingerprint density at radius 1 is 0.912 bits per heavy atom. The third kappa shape index (κ3) is 7.56. The number of H-pyrrole nitrogens is 1. The van der Waals surface area contributed by atoms with E-state index in [2.05, 4.69) is 41.8 Å². The number of hydrogen-bond acceptors (Lipinski definition) is 6. The van der Waals surface area contributed by atoms with E-state index in [1.165, 1.54) is 18.2 Å². The van der Waals surface area contributed by atoms with Crippen LogP contribution in [0.1, 0.15) is 25.7 Å². The molecule has 0 saturated heterocycles. The first-order valence-electron chi connectivity index (χ1n) is 11.5. The minimum atomic E-state index is -0.530. The molecule has 0 saturated carbocycles. The van der Waals surface area contributed by atoms with Crippen molar-refractivity contribution in [2.24, 2.45) is 5.73 Å². The van der Waals surface area contributed by atoms with Gasteiger partial charge >= 0.3 is 0 Å². The minimum Gasteiger partial charge on any atom is -0.383 e. The second-order valence-corrected chi connectivity index (χ2v) is 8.93. The van der Waals surface area contributed by atoms with Crippen LogP contribution in [0.3, 0.4) is 0 Å². The van der Waals surface area contributed by atoms with E-state index in [1.807, 2.05) is 0 Å². The van der Waals surface area contributed by atoms with Gasteiger partial charge in [0, 0.05) is 11.0 Å². The van der Waals surface area contributed by atoms with Crippen LogP contribution in [0.5, 0.6) is 0 Å². The lowest BCUT2D eigenvalue weighted by molar-refractivity contribution is 0.571. The Morgan fingerprint density at radius 3 is 2.32 bits per heavy atom. The molecule has 0 fully saturated rings. The van der Waals surface area contributed by atoms with Gasteiger partial charge in [-0.3, -0.25) is 4.79 Å². The van der Waals surface area contributed by atoms with Crippen molar-refractivity contribution >= 4 is 32.5 Å². The van der Waals surface area contributed by atoms with Gasteiger partial charge in [-0.15, -0.1) is 0 Å². The lowest BCUT2D eigenvalue weighted by atomic mass is 10.1. The molecule has 184 valence electrons. The van der Waals surface area contributed by atoms with E-state index in [4.69, 9.17) is 5.73 Å². The molecule has 1 heterocycles. The van der Waals surface area contributed by atoms with Gasteiger partial charge in [-0.25, -0.2) is 13.8 Å². The first kappa shape index (κ1) is 26.2. The standard InChI is InChI=1S/C24H31BrF2N6O/c25-16-5-6-17(19(26)13-16)23-32-21-15-22(20(27)14-18(21)24(34)33-23)31-12-4-11-30-9-2-1-8-29-10-3-7-28/h5-6,13-15,29-31H,1-4,7-12,28H2,(H,32,33,34). The predicted molar refractivity (Wildman–Crippen MR) is 137 cm³/mol. The second-order valence-electron chi connectivity index (χ2n) is 8.02. The molecule has 6 N–H and O–H groups in total. The van der Waals surface area contributed by atoms with Crippen LogP contribution < -0.4 is 27.2 Å². The molecular weight excluding hydrogens is 506 g/mol. The van der Waals surface area contributed by atoms with Crippen molar-refractivity contribution in [2.45, 2.75) is 25.7 Å². The molecule has 0 spiro atoms. The maximum Gasteiger partial charge on any atom is 0.259 e. The van der Waals surface area contributed by atoms with Gasteiger partial charge in [0.2, 0.25) is 0 Å². The van der Waals surface area contributed by atoms with Gasteiger partial charge in [0.15, 0.2) is 0 Å². The Labute approximate surface area is 206 Å². The van der Waals surface area contributed by atoms with Crippen molar-refractivity contribution in [2.75, 3.05) is 44.6 Å². The van der Waals surface area contributed by atoms with Crippen molar-refractivity contribution in [3.63, 3.8) is 0 Å². The third-order valence-corrected chi connectivity index (χ3v) is 5.83. The summed E-state index contributed by atoms with van der Waals surface area (Å²) in [6.45, 7) is 4.99. The molecule has 1 aromatic heterocycles. The first-order chi connectivity index (χ1) is 16.5. The predicted octanol–water partition coefficient (Wildman–Crippen LogP) is 3.74. The highest BCUT2D eigenvalue weighted by molar-refractivity contribution is 9.10. The lowest BCUT2D eigenvalue weighted by Crippen LogP contribution is -2.22. The van der Waals surface area contributed by atoms with E-state index in [9.17, 15) is 13.6 Å². The Morgan fingerprint density at radius 2 is 1.62 bits per heavy atom. The number of aromatic amines is 1. The van der Waals surface area contributed by atoms with Gasteiger partial charge in [0.05, 0.1) is 22.2 Å². The topological polar surface area (TPSA) is 108 Å². The van der Waals surface area contributed by atoms with Crippen molar-refractivity contribution in [3.05, 3.63) is 56.8 Å². The zero-order chi connectivity index (χ0) is 24.3. The van der Waals surface area contributed by atoms with Gasteiger partial charge in [0.1, 0.15) is 17.5 Å². The van der Waals surface area contributed by atoms with E-state index in [1.54, 1.807) is 6.07 Å². The molecule has 0 aliphatic carbocycles. The molecule has 0 bridgehead atoms. The van der Waals surface area contributed by atoms with Crippen molar-refractivity contribution < 1.29 is 8.78 Å². The Kier molecular flexibility index (Phi) is 10.4. The van der Waals surface area contributed by atoms with Crippen molar-refractivity contribution in [3.8, 4) is 11.4 Å². The van der Waals surface area contributed by atoms with Crippen LogP contribution in [-0.2, 0) is 0 Å². The molecule has 0 unspecified atom stereocenters. The van der Waals surface area contributed by atoms with Crippen molar-refractivity contribution in [1.29, 1.82) is 0 Å². The van der Waals surface area contributed by atoms with E-state index in [0.29, 0.717) is 23.1 Å². The van der Waals surface area contributed by atoms with Crippen LogP contribution in [0.25, 0.3) is 22.3 Å². The number of halogens is 3. The van der Waals surface area contributed by atoms with Gasteiger partial charge in [-0.1, -0.05) is 15.9 Å². The molecular formula is C24H31BrF2N6O. The number of fused-ring (bicyclic) bond motifs is 1. The molecule has 0 radical (unpaired) electrons. The maximum absolute atomic E-state index is 14.5. The van der Waals surface area contributed by atoms with Crippen LogP contribution in [0.15, 0.2) is 39.6 Å².